The van der Waals surface area contributed by atoms with Gasteiger partial charge in [-0.3, -0.25) is 0 Å². The van der Waals surface area contributed by atoms with Crippen LogP contribution in [0.15, 0.2) is 23.1 Å². The standard InChI is InChI=1S/C11H14O7S/c1-18-9-3-2-7(11(14)15)4-10(9)19(16,17)6-8(13)5-12/h2-4,8,12-13H,5-6H2,1H3,(H,14,15). The van der Waals surface area contributed by atoms with E-state index in [4.69, 9.17) is 14.9 Å². The van der Waals surface area contributed by atoms with E-state index < -0.39 is 34.3 Å². The molecule has 0 aromatic heterocycles. The van der Waals surface area contributed by atoms with Crippen LogP contribution in [0, 0.1) is 0 Å². The third kappa shape index (κ3) is 3.66. The van der Waals surface area contributed by atoms with Gasteiger partial charge in [-0.2, -0.15) is 0 Å². The SMILES string of the molecule is COc1ccc(C(=O)O)cc1S(=O)(=O)CC(O)CO. The first-order valence-corrected chi connectivity index (χ1v) is 6.90. The number of hydrogen-bond donors (Lipinski definition) is 3. The average Bonchev–Trinajstić information content (AvgIpc) is 2.37. The molecule has 0 aliphatic carbocycles. The van der Waals surface area contributed by atoms with Gasteiger partial charge in [0.05, 0.1) is 31.1 Å². The Hall–Kier alpha value is -1.64. The van der Waals surface area contributed by atoms with Gasteiger partial charge in [0.25, 0.3) is 0 Å². The van der Waals surface area contributed by atoms with Gasteiger partial charge < -0.3 is 20.1 Å². The summed E-state index contributed by atoms with van der Waals surface area (Å²) in [6, 6.07) is 3.39. The van der Waals surface area contributed by atoms with Crippen molar-refractivity contribution in [2.24, 2.45) is 0 Å². The quantitative estimate of drug-likeness (QED) is 0.647. The maximum absolute atomic E-state index is 12.0. The van der Waals surface area contributed by atoms with E-state index in [-0.39, 0.29) is 16.2 Å². The molecule has 0 aliphatic rings. The van der Waals surface area contributed by atoms with Crippen LogP contribution in [0.4, 0.5) is 0 Å². The van der Waals surface area contributed by atoms with Gasteiger partial charge in [-0.25, -0.2) is 13.2 Å². The molecule has 0 saturated carbocycles. The summed E-state index contributed by atoms with van der Waals surface area (Å²) in [5.74, 6) is -2.01. The normalized spacial score (nSPS) is 13.0. The molecular formula is C11H14O7S. The highest BCUT2D eigenvalue weighted by molar-refractivity contribution is 7.91. The molecule has 8 heteroatoms. The molecule has 0 amide bonds. The molecular weight excluding hydrogens is 276 g/mol. The van der Waals surface area contributed by atoms with Crippen LogP contribution < -0.4 is 4.74 Å². The Kier molecular flexibility index (Phi) is 4.87. The van der Waals surface area contributed by atoms with Gasteiger partial charge in [0, 0.05) is 0 Å². The number of sulfone groups is 1. The Morgan fingerprint density at radius 2 is 2.05 bits per heavy atom. The van der Waals surface area contributed by atoms with E-state index in [1.807, 2.05) is 0 Å². The summed E-state index contributed by atoms with van der Waals surface area (Å²) in [6.07, 6.45) is -1.44. The van der Waals surface area contributed by atoms with E-state index in [1.54, 1.807) is 0 Å². The molecule has 0 saturated heterocycles. The molecule has 0 heterocycles. The molecule has 1 aromatic rings. The Morgan fingerprint density at radius 3 is 2.53 bits per heavy atom. The highest BCUT2D eigenvalue weighted by atomic mass is 32.2. The molecule has 1 aromatic carbocycles. The van der Waals surface area contributed by atoms with Crippen LogP contribution in [-0.2, 0) is 9.84 Å². The van der Waals surface area contributed by atoms with Crippen molar-refractivity contribution in [2.45, 2.75) is 11.0 Å². The largest absolute Gasteiger partial charge is 0.495 e. The van der Waals surface area contributed by atoms with E-state index in [9.17, 15) is 18.3 Å². The molecule has 0 spiro atoms. The number of aliphatic hydroxyl groups is 2. The van der Waals surface area contributed by atoms with Crippen molar-refractivity contribution in [2.75, 3.05) is 19.5 Å². The van der Waals surface area contributed by atoms with Gasteiger partial charge in [-0.05, 0) is 18.2 Å². The minimum absolute atomic E-state index is 0.0184. The Balaban J connectivity index is 3.30. The molecule has 0 radical (unpaired) electrons. The molecule has 1 unspecified atom stereocenters. The van der Waals surface area contributed by atoms with Crippen LogP contribution in [0.25, 0.3) is 0 Å². The van der Waals surface area contributed by atoms with Gasteiger partial charge in [-0.1, -0.05) is 0 Å². The number of aliphatic hydroxyl groups excluding tert-OH is 2. The Bertz CT molecular complexity index is 564. The van der Waals surface area contributed by atoms with Crippen molar-refractivity contribution >= 4 is 15.8 Å². The zero-order valence-electron chi connectivity index (χ0n) is 10.1. The molecule has 7 nitrogen and oxygen atoms in total. The Morgan fingerprint density at radius 1 is 1.42 bits per heavy atom. The lowest BCUT2D eigenvalue weighted by Crippen LogP contribution is -2.24. The van der Waals surface area contributed by atoms with E-state index in [0.717, 1.165) is 6.07 Å². The molecule has 1 atom stereocenters. The lowest BCUT2D eigenvalue weighted by molar-refractivity contribution is 0.0696. The molecule has 106 valence electrons. The van der Waals surface area contributed by atoms with Gasteiger partial charge in [0.1, 0.15) is 10.6 Å². The van der Waals surface area contributed by atoms with Crippen LogP contribution in [0.1, 0.15) is 10.4 Å². The van der Waals surface area contributed by atoms with Crippen molar-refractivity contribution < 1.29 is 33.3 Å². The van der Waals surface area contributed by atoms with Crippen molar-refractivity contribution in [3.8, 4) is 5.75 Å². The van der Waals surface area contributed by atoms with E-state index in [1.165, 1.54) is 19.2 Å². The third-order valence-electron chi connectivity index (χ3n) is 2.37. The topological polar surface area (TPSA) is 121 Å². The molecule has 0 fully saturated rings. The molecule has 19 heavy (non-hydrogen) atoms. The number of ether oxygens (including phenoxy) is 1. The lowest BCUT2D eigenvalue weighted by atomic mass is 10.2. The third-order valence-corrected chi connectivity index (χ3v) is 4.18. The number of rotatable bonds is 6. The van der Waals surface area contributed by atoms with Gasteiger partial charge in [-0.15, -0.1) is 0 Å². The fourth-order valence-corrected chi connectivity index (χ4v) is 3.00. The number of carboxylic acids is 1. The summed E-state index contributed by atoms with van der Waals surface area (Å²) < 4.78 is 28.9. The Labute approximate surface area is 110 Å². The highest BCUT2D eigenvalue weighted by Crippen LogP contribution is 2.26. The summed E-state index contributed by atoms with van der Waals surface area (Å²) in [5, 5.41) is 26.7. The number of carboxylic acid groups (broad SMARTS) is 1. The van der Waals surface area contributed by atoms with E-state index >= 15 is 0 Å². The monoisotopic (exact) mass is 290 g/mol. The zero-order chi connectivity index (χ0) is 14.6. The summed E-state index contributed by atoms with van der Waals surface area (Å²) in [7, 11) is -2.72. The fourth-order valence-electron chi connectivity index (χ4n) is 1.45. The van der Waals surface area contributed by atoms with Crippen molar-refractivity contribution in [1.82, 2.24) is 0 Å². The zero-order valence-corrected chi connectivity index (χ0v) is 10.9. The fraction of sp³-hybridized carbons (Fsp3) is 0.364. The average molecular weight is 290 g/mol. The van der Waals surface area contributed by atoms with Crippen molar-refractivity contribution in [1.29, 1.82) is 0 Å². The number of aromatic carboxylic acids is 1. The number of methoxy groups -OCH3 is 1. The number of carbonyl (C=O) groups is 1. The summed E-state index contributed by atoms with van der Waals surface area (Å²) >= 11 is 0. The van der Waals surface area contributed by atoms with Crippen molar-refractivity contribution in [3.05, 3.63) is 23.8 Å². The number of hydrogen-bond acceptors (Lipinski definition) is 6. The maximum atomic E-state index is 12.0. The second-order valence-electron chi connectivity index (χ2n) is 3.79. The highest BCUT2D eigenvalue weighted by Gasteiger charge is 2.24. The van der Waals surface area contributed by atoms with Crippen LogP contribution in [0.5, 0.6) is 5.75 Å². The molecule has 1 rings (SSSR count). The minimum atomic E-state index is -3.97. The van der Waals surface area contributed by atoms with Crippen molar-refractivity contribution in [3.63, 3.8) is 0 Å². The van der Waals surface area contributed by atoms with E-state index in [0.29, 0.717) is 0 Å². The van der Waals surface area contributed by atoms with Crippen LogP contribution in [-0.4, -0.2) is 55.3 Å². The summed E-state index contributed by atoms with van der Waals surface area (Å²) in [4.78, 5) is 10.5. The van der Waals surface area contributed by atoms with Crippen LogP contribution in [0.2, 0.25) is 0 Å². The molecule has 0 bridgehead atoms. The van der Waals surface area contributed by atoms with Gasteiger partial charge >= 0.3 is 5.97 Å². The second kappa shape index (κ2) is 6.00. The maximum Gasteiger partial charge on any atom is 0.335 e. The lowest BCUT2D eigenvalue weighted by Gasteiger charge is -2.12. The van der Waals surface area contributed by atoms with E-state index in [2.05, 4.69) is 0 Å². The summed E-state index contributed by atoms with van der Waals surface area (Å²) in [5.41, 5.74) is -0.210. The first-order valence-electron chi connectivity index (χ1n) is 5.25. The summed E-state index contributed by atoms with van der Waals surface area (Å²) in [6.45, 7) is -0.708. The van der Waals surface area contributed by atoms with Gasteiger partial charge in [0.15, 0.2) is 9.84 Å². The number of benzene rings is 1. The minimum Gasteiger partial charge on any atom is -0.495 e. The molecule has 3 N–H and O–H groups in total. The second-order valence-corrected chi connectivity index (χ2v) is 5.79. The first-order chi connectivity index (χ1) is 8.81. The smallest absolute Gasteiger partial charge is 0.335 e. The van der Waals surface area contributed by atoms with Crippen LogP contribution >= 0.6 is 0 Å². The van der Waals surface area contributed by atoms with Gasteiger partial charge in [0.2, 0.25) is 0 Å². The predicted molar refractivity (Wildman–Crippen MR) is 65.1 cm³/mol. The first kappa shape index (κ1) is 15.4. The predicted octanol–water partition coefficient (Wildman–Crippen LogP) is -0.480. The van der Waals surface area contributed by atoms with Crippen LogP contribution in [0.3, 0.4) is 0 Å². The molecule has 0 aliphatic heterocycles.